The summed E-state index contributed by atoms with van der Waals surface area (Å²) in [5.74, 6) is 0. The van der Waals surface area contributed by atoms with Gasteiger partial charge in [-0.2, -0.15) is 10.5 Å². The maximum absolute atomic E-state index is 11.7. The van der Waals surface area contributed by atoms with Gasteiger partial charge in [0.1, 0.15) is 17.7 Å². The van der Waals surface area contributed by atoms with Crippen molar-refractivity contribution in [1.29, 1.82) is 10.5 Å². The van der Waals surface area contributed by atoms with Crippen LogP contribution in [0.15, 0.2) is 40.9 Å². The third-order valence-electron chi connectivity index (χ3n) is 1.96. The zero-order valence-corrected chi connectivity index (χ0v) is 10.1. The number of hydrogen-bond acceptors (Lipinski definition) is 6. The van der Waals surface area contributed by atoms with Gasteiger partial charge in [-0.1, -0.05) is 0 Å². The van der Waals surface area contributed by atoms with Gasteiger partial charge in [0, 0.05) is 18.3 Å². The van der Waals surface area contributed by atoms with Gasteiger partial charge >= 0.3 is 0 Å². The number of sulfonamides is 1. The minimum atomic E-state index is -3.97. The summed E-state index contributed by atoms with van der Waals surface area (Å²) in [4.78, 5) is 9.54. The maximum Gasteiger partial charge on any atom is 0.269 e. The summed E-state index contributed by atoms with van der Waals surface area (Å²) in [6.07, 6.45) is 0.747. The second-order valence-corrected chi connectivity index (χ2v) is 4.87. The van der Waals surface area contributed by atoms with Gasteiger partial charge in [0.25, 0.3) is 15.7 Å². The molecule has 0 fully saturated rings. The molecular formula is C10H6N4O4S. The summed E-state index contributed by atoms with van der Waals surface area (Å²) in [7, 11) is -3.97. The van der Waals surface area contributed by atoms with Crippen molar-refractivity contribution in [3.63, 3.8) is 0 Å². The fourth-order valence-electron chi connectivity index (χ4n) is 1.04. The molecule has 0 saturated heterocycles. The van der Waals surface area contributed by atoms with E-state index in [-0.39, 0.29) is 10.6 Å². The van der Waals surface area contributed by atoms with E-state index < -0.39 is 20.5 Å². The van der Waals surface area contributed by atoms with Gasteiger partial charge in [0.05, 0.1) is 9.82 Å². The molecule has 0 heterocycles. The van der Waals surface area contributed by atoms with E-state index in [1.54, 1.807) is 0 Å². The highest BCUT2D eigenvalue weighted by atomic mass is 32.2. The van der Waals surface area contributed by atoms with Crippen molar-refractivity contribution >= 4 is 15.7 Å². The van der Waals surface area contributed by atoms with Gasteiger partial charge in [0.2, 0.25) is 0 Å². The number of rotatable bonds is 4. The highest BCUT2D eigenvalue weighted by Gasteiger charge is 2.14. The summed E-state index contributed by atoms with van der Waals surface area (Å²) in [6, 6.07) is 7.13. The van der Waals surface area contributed by atoms with Crippen molar-refractivity contribution in [2.24, 2.45) is 0 Å². The Balaban J connectivity index is 3.03. The molecule has 19 heavy (non-hydrogen) atoms. The molecule has 0 aliphatic rings. The van der Waals surface area contributed by atoms with E-state index in [0.29, 0.717) is 0 Å². The molecule has 0 saturated carbocycles. The first-order valence-corrected chi connectivity index (χ1v) is 6.16. The topological polar surface area (TPSA) is 137 Å². The van der Waals surface area contributed by atoms with E-state index in [0.717, 1.165) is 30.5 Å². The predicted octanol–water partition coefficient (Wildman–Crippen LogP) is 0.804. The minimum Gasteiger partial charge on any atom is -0.284 e. The van der Waals surface area contributed by atoms with Crippen LogP contribution in [0.2, 0.25) is 0 Å². The summed E-state index contributed by atoms with van der Waals surface area (Å²) < 4.78 is 25.3. The molecule has 0 spiro atoms. The molecule has 0 amide bonds. The van der Waals surface area contributed by atoms with Crippen molar-refractivity contribution < 1.29 is 13.3 Å². The summed E-state index contributed by atoms with van der Waals surface area (Å²) in [5, 5.41) is 27.3. The first-order chi connectivity index (χ1) is 8.90. The number of allylic oxidation sites excluding steroid dienone is 1. The summed E-state index contributed by atoms with van der Waals surface area (Å²) in [5.41, 5.74) is -0.658. The normalized spacial score (nSPS) is 9.79. The number of nitro groups is 1. The standard InChI is InChI=1S/C10H6N4O4S/c11-5-8(6-12)7-13-19(17,18)10-3-1-9(2-4-10)14(15)16/h1-4,7,13H. The summed E-state index contributed by atoms with van der Waals surface area (Å²) >= 11 is 0. The van der Waals surface area contributed by atoms with E-state index in [1.807, 2.05) is 4.72 Å². The molecule has 1 aromatic carbocycles. The monoisotopic (exact) mass is 278 g/mol. The van der Waals surface area contributed by atoms with Gasteiger partial charge in [0.15, 0.2) is 0 Å². The van der Waals surface area contributed by atoms with Crippen LogP contribution in [0, 0.1) is 32.8 Å². The average Bonchev–Trinajstić information content (AvgIpc) is 2.40. The van der Waals surface area contributed by atoms with Crippen molar-refractivity contribution in [3.8, 4) is 12.1 Å². The summed E-state index contributed by atoms with van der Waals surface area (Å²) in [6.45, 7) is 0. The third kappa shape index (κ3) is 3.52. The second kappa shape index (κ2) is 5.62. The lowest BCUT2D eigenvalue weighted by molar-refractivity contribution is -0.384. The van der Waals surface area contributed by atoms with Crippen molar-refractivity contribution in [3.05, 3.63) is 46.2 Å². The quantitative estimate of drug-likeness (QED) is 0.491. The largest absolute Gasteiger partial charge is 0.284 e. The lowest BCUT2D eigenvalue weighted by Crippen LogP contribution is -2.18. The van der Waals surface area contributed by atoms with E-state index in [1.165, 1.54) is 12.1 Å². The minimum absolute atomic E-state index is 0.218. The van der Waals surface area contributed by atoms with E-state index in [4.69, 9.17) is 10.5 Å². The number of nitrogens with zero attached hydrogens (tertiary/aromatic N) is 3. The molecule has 0 aliphatic heterocycles. The van der Waals surface area contributed by atoms with Crippen LogP contribution in [0.3, 0.4) is 0 Å². The Hall–Kier alpha value is -2.91. The van der Waals surface area contributed by atoms with Gasteiger partial charge in [-0.25, -0.2) is 8.42 Å². The highest BCUT2D eigenvalue weighted by Crippen LogP contribution is 2.15. The molecular weight excluding hydrogens is 272 g/mol. The Kier molecular flexibility index (Phi) is 4.19. The molecule has 8 nitrogen and oxygen atoms in total. The molecule has 0 bridgehead atoms. The third-order valence-corrected chi connectivity index (χ3v) is 3.28. The van der Waals surface area contributed by atoms with Crippen molar-refractivity contribution in [1.82, 2.24) is 4.72 Å². The van der Waals surface area contributed by atoms with Crippen LogP contribution < -0.4 is 4.72 Å². The van der Waals surface area contributed by atoms with Crippen LogP contribution in [0.5, 0.6) is 0 Å². The van der Waals surface area contributed by atoms with Crippen LogP contribution in [0.1, 0.15) is 0 Å². The molecule has 96 valence electrons. The zero-order chi connectivity index (χ0) is 14.5. The molecule has 0 unspecified atom stereocenters. The number of nitrogens with one attached hydrogen (secondary N) is 1. The number of non-ortho nitro benzene ring substituents is 1. The molecule has 0 radical (unpaired) electrons. The Morgan fingerprint density at radius 3 is 2.21 bits per heavy atom. The van der Waals surface area contributed by atoms with E-state index >= 15 is 0 Å². The van der Waals surface area contributed by atoms with Crippen molar-refractivity contribution in [2.75, 3.05) is 0 Å². The number of nitro benzene ring substituents is 1. The number of benzene rings is 1. The van der Waals surface area contributed by atoms with Gasteiger partial charge in [-0.15, -0.1) is 0 Å². The van der Waals surface area contributed by atoms with E-state index in [2.05, 4.69) is 0 Å². The fourth-order valence-corrected chi connectivity index (χ4v) is 1.94. The van der Waals surface area contributed by atoms with Crippen LogP contribution in [0.25, 0.3) is 0 Å². The van der Waals surface area contributed by atoms with Crippen LogP contribution in [-0.2, 0) is 10.0 Å². The molecule has 9 heteroatoms. The van der Waals surface area contributed by atoms with Gasteiger partial charge < -0.3 is 0 Å². The Morgan fingerprint density at radius 1 is 1.26 bits per heavy atom. The lowest BCUT2D eigenvalue weighted by Gasteiger charge is -2.03. The number of hydrogen-bond donors (Lipinski definition) is 1. The first-order valence-electron chi connectivity index (χ1n) is 4.68. The lowest BCUT2D eigenvalue weighted by atomic mass is 10.3. The second-order valence-electron chi connectivity index (χ2n) is 3.15. The van der Waals surface area contributed by atoms with Crippen LogP contribution in [0.4, 0.5) is 5.69 Å². The van der Waals surface area contributed by atoms with E-state index in [9.17, 15) is 18.5 Å². The smallest absolute Gasteiger partial charge is 0.269 e. The van der Waals surface area contributed by atoms with Gasteiger partial charge in [-0.05, 0) is 12.1 Å². The average molecular weight is 278 g/mol. The Morgan fingerprint density at radius 2 is 1.79 bits per heavy atom. The van der Waals surface area contributed by atoms with Crippen LogP contribution >= 0.6 is 0 Å². The molecule has 1 N–H and O–H groups in total. The SMILES string of the molecule is N#CC(C#N)=CNS(=O)(=O)c1ccc([N+](=O)[O-])cc1. The molecule has 0 aromatic heterocycles. The Labute approximate surface area is 108 Å². The first kappa shape index (κ1) is 14.2. The van der Waals surface area contributed by atoms with Crippen LogP contribution in [-0.4, -0.2) is 13.3 Å². The van der Waals surface area contributed by atoms with Crippen molar-refractivity contribution in [2.45, 2.75) is 4.90 Å². The molecule has 1 aromatic rings. The fraction of sp³-hybridized carbons (Fsp3) is 0. The Bertz CT molecular complexity index is 691. The molecule has 0 aliphatic carbocycles. The highest BCUT2D eigenvalue weighted by molar-refractivity contribution is 7.89. The molecule has 1 rings (SSSR count). The molecule has 0 atom stereocenters. The van der Waals surface area contributed by atoms with Gasteiger partial charge in [-0.3, -0.25) is 14.8 Å². The predicted molar refractivity (Wildman–Crippen MR) is 62.7 cm³/mol. The maximum atomic E-state index is 11.7. The zero-order valence-electron chi connectivity index (χ0n) is 9.27. The number of nitriles is 2.